The van der Waals surface area contributed by atoms with E-state index in [1.54, 1.807) is 13.8 Å². The summed E-state index contributed by atoms with van der Waals surface area (Å²) in [6.45, 7) is 5.31. The lowest BCUT2D eigenvalue weighted by Gasteiger charge is -2.17. The van der Waals surface area contributed by atoms with Crippen LogP contribution in [-0.4, -0.2) is 15.6 Å². The molecule has 22 heavy (non-hydrogen) atoms. The van der Waals surface area contributed by atoms with Gasteiger partial charge >= 0.3 is 5.97 Å². The van der Waals surface area contributed by atoms with Crippen LogP contribution in [0.4, 0.5) is 4.39 Å². The van der Waals surface area contributed by atoms with Gasteiger partial charge in [-0.3, -0.25) is 9.36 Å². The van der Waals surface area contributed by atoms with Crippen LogP contribution >= 0.6 is 12.4 Å². The molecule has 0 saturated carbocycles. The Bertz CT molecular complexity index is 766. The van der Waals surface area contributed by atoms with E-state index >= 15 is 0 Å². The Morgan fingerprint density at radius 2 is 1.77 bits per heavy atom. The zero-order chi connectivity index (χ0) is 15.7. The highest BCUT2D eigenvalue weighted by molar-refractivity contribution is 5.89. The van der Waals surface area contributed by atoms with Gasteiger partial charge < -0.3 is 5.11 Å². The highest BCUT2D eigenvalue weighted by atomic mass is 35.5. The predicted molar refractivity (Wildman–Crippen MR) is 85.1 cm³/mol. The van der Waals surface area contributed by atoms with E-state index in [0.29, 0.717) is 23.4 Å². The molecule has 0 aliphatic rings. The Labute approximate surface area is 133 Å². The van der Waals surface area contributed by atoms with Crippen LogP contribution in [0.15, 0.2) is 29.1 Å². The molecular formula is C16H17ClFNO3. The maximum Gasteiger partial charge on any atom is 0.341 e. The fourth-order valence-electron chi connectivity index (χ4n) is 2.66. The first-order chi connectivity index (χ1) is 9.88. The van der Waals surface area contributed by atoms with Gasteiger partial charge in [-0.2, -0.15) is 0 Å². The molecule has 1 heterocycles. The number of benzene rings is 1. The summed E-state index contributed by atoms with van der Waals surface area (Å²) < 4.78 is 14.4. The number of aromatic nitrogens is 1. The second-order valence-corrected chi connectivity index (χ2v) is 4.84. The molecule has 0 radical (unpaired) electrons. The number of hydrogen-bond acceptors (Lipinski definition) is 2. The number of nitrogens with zero attached hydrogens (tertiary/aromatic N) is 1. The third-order valence-corrected chi connectivity index (χ3v) is 3.67. The standard InChI is InChI=1S/C16H16FNO3.ClH/c1-4-13-9(2)14(16(20)21)15(19)18(10(13)3)12-7-5-11(17)6-8-12;/h5-8H,4H2,1-3H3,(H,20,21);1H. The van der Waals surface area contributed by atoms with Crippen LogP contribution in [0.1, 0.15) is 34.1 Å². The lowest BCUT2D eigenvalue weighted by atomic mass is 9.99. The Morgan fingerprint density at radius 3 is 2.23 bits per heavy atom. The van der Waals surface area contributed by atoms with Crippen molar-refractivity contribution >= 4 is 18.4 Å². The van der Waals surface area contributed by atoms with Crippen molar-refractivity contribution in [1.29, 1.82) is 0 Å². The molecule has 118 valence electrons. The van der Waals surface area contributed by atoms with Crippen molar-refractivity contribution in [2.45, 2.75) is 27.2 Å². The first kappa shape index (κ1) is 17.9. The Balaban J connectivity index is 0.00000242. The van der Waals surface area contributed by atoms with Crippen molar-refractivity contribution < 1.29 is 14.3 Å². The van der Waals surface area contributed by atoms with Gasteiger partial charge in [-0.15, -0.1) is 12.4 Å². The van der Waals surface area contributed by atoms with Gasteiger partial charge in [-0.1, -0.05) is 6.92 Å². The quantitative estimate of drug-likeness (QED) is 0.942. The van der Waals surface area contributed by atoms with Crippen molar-refractivity contribution in [2.24, 2.45) is 0 Å². The molecule has 0 saturated heterocycles. The average Bonchev–Trinajstić information content (AvgIpc) is 2.41. The highest BCUT2D eigenvalue weighted by Gasteiger charge is 2.21. The predicted octanol–water partition coefficient (Wildman–Crippen LogP) is 3.28. The average molecular weight is 326 g/mol. The van der Waals surface area contributed by atoms with Crippen LogP contribution in [0, 0.1) is 19.7 Å². The zero-order valence-corrected chi connectivity index (χ0v) is 13.3. The number of halogens is 2. The molecule has 4 nitrogen and oxygen atoms in total. The minimum atomic E-state index is -1.25. The van der Waals surface area contributed by atoms with E-state index in [-0.39, 0.29) is 18.0 Å². The minimum absolute atomic E-state index is 0. The first-order valence-corrected chi connectivity index (χ1v) is 6.62. The van der Waals surface area contributed by atoms with Gasteiger partial charge in [0.25, 0.3) is 5.56 Å². The maximum absolute atomic E-state index is 13.0. The number of carbonyl (C=O) groups is 1. The van der Waals surface area contributed by atoms with E-state index in [4.69, 9.17) is 0 Å². The van der Waals surface area contributed by atoms with Crippen LogP contribution in [0.3, 0.4) is 0 Å². The van der Waals surface area contributed by atoms with Crippen molar-refractivity contribution in [3.05, 3.63) is 62.8 Å². The smallest absolute Gasteiger partial charge is 0.341 e. The van der Waals surface area contributed by atoms with Crippen LogP contribution in [0.25, 0.3) is 5.69 Å². The van der Waals surface area contributed by atoms with Crippen LogP contribution in [0.2, 0.25) is 0 Å². The van der Waals surface area contributed by atoms with Crippen molar-refractivity contribution in [2.75, 3.05) is 0 Å². The molecule has 2 aromatic rings. The molecule has 1 N–H and O–H groups in total. The van der Waals surface area contributed by atoms with Crippen molar-refractivity contribution in [1.82, 2.24) is 4.57 Å². The van der Waals surface area contributed by atoms with Gasteiger partial charge in [0.2, 0.25) is 0 Å². The van der Waals surface area contributed by atoms with E-state index < -0.39 is 17.3 Å². The van der Waals surface area contributed by atoms with E-state index in [1.165, 1.54) is 28.8 Å². The first-order valence-electron chi connectivity index (χ1n) is 6.62. The summed E-state index contributed by atoms with van der Waals surface area (Å²) in [5.74, 6) is -1.66. The van der Waals surface area contributed by atoms with Crippen LogP contribution < -0.4 is 5.56 Å². The van der Waals surface area contributed by atoms with Gasteiger partial charge in [-0.05, 0) is 55.7 Å². The van der Waals surface area contributed by atoms with E-state index in [0.717, 1.165) is 5.56 Å². The number of carboxylic acids is 1. The van der Waals surface area contributed by atoms with Crippen LogP contribution in [0.5, 0.6) is 0 Å². The van der Waals surface area contributed by atoms with Gasteiger partial charge in [0.1, 0.15) is 11.4 Å². The summed E-state index contributed by atoms with van der Waals surface area (Å²) in [6.07, 6.45) is 0.611. The molecule has 0 fully saturated rings. The summed E-state index contributed by atoms with van der Waals surface area (Å²) in [5, 5.41) is 9.30. The molecule has 0 aliphatic heterocycles. The Kier molecular flexibility index (Phi) is 5.49. The summed E-state index contributed by atoms with van der Waals surface area (Å²) in [7, 11) is 0. The number of hydrogen-bond donors (Lipinski definition) is 1. The lowest BCUT2D eigenvalue weighted by Crippen LogP contribution is -2.30. The Morgan fingerprint density at radius 1 is 1.23 bits per heavy atom. The van der Waals surface area contributed by atoms with E-state index in [1.807, 2.05) is 6.92 Å². The molecule has 2 rings (SSSR count). The molecule has 0 amide bonds. The fraction of sp³-hybridized carbons (Fsp3) is 0.250. The number of pyridine rings is 1. The Hall–Kier alpha value is -2.14. The molecule has 1 aromatic carbocycles. The molecule has 1 aromatic heterocycles. The molecule has 0 bridgehead atoms. The molecule has 0 aliphatic carbocycles. The van der Waals surface area contributed by atoms with Crippen molar-refractivity contribution in [3.63, 3.8) is 0 Å². The number of carboxylic acid groups (broad SMARTS) is 1. The maximum atomic E-state index is 13.0. The fourth-order valence-corrected chi connectivity index (χ4v) is 2.66. The highest BCUT2D eigenvalue weighted by Crippen LogP contribution is 2.19. The summed E-state index contributed by atoms with van der Waals surface area (Å²) in [4.78, 5) is 23.9. The third-order valence-electron chi connectivity index (χ3n) is 3.67. The topological polar surface area (TPSA) is 59.3 Å². The summed E-state index contributed by atoms with van der Waals surface area (Å²) >= 11 is 0. The van der Waals surface area contributed by atoms with Gasteiger partial charge in [-0.25, -0.2) is 9.18 Å². The SMILES string of the molecule is CCc1c(C)c(C(=O)O)c(=O)n(-c2ccc(F)cc2)c1C.Cl. The second-order valence-electron chi connectivity index (χ2n) is 4.84. The molecule has 0 unspecified atom stereocenters. The van der Waals surface area contributed by atoms with E-state index in [9.17, 15) is 19.1 Å². The molecule has 0 atom stereocenters. The third kappa shape index (κ3) is 2.90. The van der Waals surface area contributed by atoms with E-state index in [2.05, 4.69) is 0 Å². The van der Waals surface area contributed by atoms with Crippen molar-refractivity contribution in [3.8, 4) is 5.69 Å². The van der Waals surface area contributed by atoms with Crippen LogP contribution in [-0.2, 0) is 6.42 Å². The minimum Gasteiger partial charge on any atom is -0.477 e. The molecular weight excluding hydrogens is 309 g/mol. The largest absolute Gasteiger partial charge is 0.477 e. The molecule has 6 heteroatoms. The normalized spacial score (nSPS) is 10.2. The molecule has 0 spiro atoms. The second kappa shape index (κ2) is 6.75. The lowest BCUT2D eigenvalue weighted by molar-refractivity contribution is 0.0693. The zero-order valence-electron chi connectivity index (χ0n) is 12.5. The number of rotatable bonds is 3. The van der Waals surface area contributed by atoms with Gasteiger partial charge in [0.15, 0.2) is 0 Å². The monoisotopic (exact) mass is 325 g/mol. The summed E-state index contributed by atoms with van der Waals surface area (Å²) in [5.41, 5.74) is 1.61. The summed E-state index contributed by atoms with van der Waals surface area (Å²) in [6, 6.07) is 5.41. The van der Waals surface area contributed by atoms with Gasteiger partial charge in [0.05, 0.1) is 0 Å². The van der Waals surface area contributed by atoms with Gasteiger partial charge in [0, 0.05) is 11.4 Å². The number of aromatic carboxylic acids is 1.